The lowest BCUT2D eigenvalue weighted by Crippen LogP contribution is -2.05. The minimum Gasteiger partial charge on any atom is -0.502 e. The van der Waals surface area contributed by atoms with Crippen molar-refractivity contribution in [2.75, 3.05) is 6.61 Å². The molecule has 0 unspecified atom stereocenters. The van der Waals surface area contributed by atoms with Crippen molar-refractivity contribution >= 4 is 11.6 Å². The summed E-state index contributed by atoms with van der Waals surface area (Å²) < 4.78 is 10.7. The van der Waals surface area contributed by atoms with Gasteiger partial charge >= 0.3 is 0 Å². The van der Waals surface area contributed by atoms with Gasteiger partial charge in [0, 0.05) is 6.92 Å². The lowest BCUT2D eigenvalue weighted by molar-refractivity contribution is 0.119. The van der Waals surface area contributed by atoms with Crippen LogP contribution in [0.4, 0.5) is 5.69 Å². The molecule has 0 fully saturated rings. The van der Waals surface area contributed by atoms with Crippen molar-refractivity contribution in [3.8, 4) is 5.75 Å². The van der Waals surface area contributed by atoms with Crippen molar-refractivity contribution in [1.82, 2.24) is 0 Å². The zero-order valence-electron chi connectivity index (χ0n) is 12.3. The Morgan fingerprint density at radius 1 is 1.40 bits per heavy atom. The fraction of sp³-hybridized carbons (Fsp3) is 0.467. The topological polar surface area (TPSA) is 44.4 Å². The molecule has 0 radical (unpaired) electrons. The van der Waals surface area contributed by atoms with E-state index in [-0.39, 0.29) is 12.7 Å². The van der Waals surface area contributed by atoms with Crippen molar-refractivity contribution in [3.05, 3.63) is 35.2 Å². The molecule has 0 aliphatic rings. The molecular weight excluding hydrogens is 256 g/mol. The molecule has 0 saturated carbocycles. The van der Waals surface area contributed by atoms with Crippen LogP contribution in [0.3, 0.4) is 0 Å². The summed E-state index contributed by atoms with van der Waals surface area (Å²) in [6, 6.07) is 5.39. The van der Waals surface area contributed by atoms with E-state index in [4.69, 9.17) is 20.9 Å². The predicted molar refractivity (Wildman–Crippen MR) is 78.0 cm³/mol. The van der Waals surface area contributed by atoms with Crippen molar-refractivity contribution in [1.29, 1.82) is 0 Å². The van der Waals surface area contributed by atoms with Gasteiger partial charge in [0.15, 0.2) is 0 Å². The van der Waals surface area contributed by atoms with Gasteiger partial charge in [0.1, 0.15) is 12.4 Å². The third-order valence-electron chi connectivity index (χ3n) is 2.28. The van der Waals surface area contributed by atoms with Gasteiger partial charge in [-0.1, -0.05) is 11.2 Å². The highest BCUT2D eigenvalue weighted by Crippen LogP contribution is 2.29. The van der Waals surface area contributed by atoms with E-state index in [0.717, 1.165) is 5.56 Å². The van der Waals surface area contributed by atoms with E-state index >= 15 is 0 Å². The first-order valence-corrected chi connectivity index (χ1v) is 6.53. The van der Waals surface area contributed by atoms with Gasteiger partial charge in [0.2, 0.25) is 11.6 Å². The van der Waals surface area contributed by atoms with Crippen molar-refractivity contribution < 1.29 is 14.3 Å². The van der Waals surface area contributed by atoms with E-state index in [1.165, 1.54) is 0 Å². The third-order valence-corrected chi connectivity index (χ3v) is 2.28. The molecule has 0 aromatic heterocycles. The largest absolute Gasteiger partial charge is 0.502 e. The van der Waals surface area contributed by atoms with E-state index in [9.17, 15) is 0 Å². The molecule has 0 aliphatic carbocycles. The summed E-state index contributed by atoms with van der Waals surface area (Å²) >= 11 is 0. The Bertz CT molecular complexity index is 504. The quantitative estimate of drug-likeness (QED) is 0.342. The zero-order valence-corrected chi connectivity index (χ0v) is 12.3. The van der Waals surface area contributed by atoms with Crippen LogP contribution in [0.1, 0.15) is 33.3 Å². The highest BCUT2D eigenvalue weighted by Gasteiger charge is 2.07. The second-order valence-corrected chi connectivity index (χ2v) is 4.40. The van der Waals surface area contributed by atoms with E-state index < -0.39 is 0 Å². The molecule has 108 valence electrons. The van der Waals surface area contributed by atoms with Crippen LogP contribution in [0.15, 0.2) is 23.4 Å². The SMILES string of the molecule is [C-]#[N+]c1cc(CO/N=C(\C)OCC)ccc1OC(C)C. The summed E-state index contributed by atoms with van der Waals surface area (Å²) in [5.41, 5.74) is 1.34. The van der Waals surface area contributed by atoms with Crippen molar-refractivity contribution in [2.24, 2.45) is 5.16 Å². The molecular formula is C15H20N2O3. The summed E-state index contributed by atoms with van der Waals surface area (Å²) in [4.78, 5) is 8.64. The number of oxime groups is 1. The average Bonchev–Trinajstić information content (AvgIpc) is 2.40. The monoisotopic (exact) mass is 276 g/mol. The molecule has 0 heterocycles. The van der Waals surface area contributed by atoms with E-state index in [1.54, 1.807) is 19.1 Å². The first-order chi connectivity index (χ1) is 9.56. The molecule has 0 spiro atoms. The van der Waals surface area contributed by atoms with Crippen molar-refractivity contribution in [2.45, 2.75) is 40.4 Å². The molecule has 20 heavy (non-hydrogen) atoms. The Kier molecular flexibility index (Phi) is 6.38. The number of hydrogen-bond acceptors (Lipinski definition) is 4. The number of benzene rings is 1. The van der Waals surface area contributed by atoms with Crippen LogP contribution in [0, 0.1) is 6.57 Å². The van der Waals surface area contributed by atoms with Crippen LogP contribution in [-0.2, 0) is 16.2 Å². The molecule has 1 aromatic carbocycles. The predicted octanol–water partition coefficient (Wildman–Crippen LogP) is 3.91. The minimum atomic E-state index is 0.0380. The van der Waals surface area contributed by atoms with Crippen molar-refractivity contribution in [3.63, 3.8) is 0 Å². The number of hydrogen-bond donors (Lipinski definition) is 0. The minimum absolute atomic E-state index is 0.0380. The zero-order chi connectivity index (χ0) is 15.0. The second kappa shape index (κ2) is 8.05. The van der Waals surface area contributed by atoms with Crippen LogP contribution in [0.5, 0.6) is 5.75 Å². The molecule has 0 bridgehead atoms. The maximum Gasteiger partial charge on any atom is 0.228 e. The molecule has 0 N–H and O–H groups in total. The normalized spacial score (nSPS) is 11.1. The molecule has 0 aliphatic heterocycles. The molecule has 0 amide bonds. The Balaban J connectivity index is 2.69. The van der Waals surface area contributed by atoms with Gasteiger partial charge in [-0.3, -0.25) is 0 Å². The average molecular weight is 276 g/mol. The number of ether oxygens (including phenoxy) is 2. The highest BCUT2D eigenvalue weighted by molar-refractivity contribution is 5.72. The fourth-order valence-electron chi connectivity index (χ4n) is 1.53. The van der Waals surface area contributed by atoms with Gasteiger partial charge in [0.25, 0.3) is 0 Å². The number of rotatable bonds is 6. The summed E-state index contributed by atoms with van der Waals surface area (Å²) in [6.07, 6.45) is 0.0380. The highest BCUT2D eigenvalue weighted by atomic mass is 16.6. The van der Waals surface area contributed by atoms with Crippen LogP contribution in [0.25, 0.3) is 4.85 Å². The maximum absolute atomic E-state index is 7.18. The Labute approximate surface area is 120 Å². The molecule has 1 rings (SSSR count). The first kappa shape index (κ1) is 15.8. The van der Waals surface area contributed by atoms with Crippen LogP contribution >= 0.6 is 0 Å². The number of nitrogens with zero attached hydrogens (tertiary/aromatic N) is 2. The Morgan fingerprint density at radius 3 is 2.75 bits per heavy atom. The van der Waals surface area contributed by atoms with Gasteiger partial charge in [-0.25, -0.2) is 4.85 Å². The van der Waals surface area contributed by atoms with E-state index in [1.807, 2.05) is 26.8 Å². The summed E-state index contributed by atoms with van der Waals surface area (Å²) in [7, 11) is 0. The Hall–Kier alpha value is -2.22. The molecule has 5 nitrogen and oxygen atoms in total. The van der Waals surface area contributed by atoms with Gasteiger partial charge in [-0.2, -0.15) is 0 Å². The second-order valence-electron chi connectivity index (χ2n) is 4.40. The molecule has 0 saturated heterocycles. The van der Waals surface area contributed by atoms with Gasteiger partial charge in [-0.05, 0) is 38.5 Å². The maximum atomic E-state index is 7.18. The van der Waals surface area contributed by atoms with Gasteiger partial charge < -0.3 is 14.3 Å². The molecule has 5 heteroatoms. The van der Waals surface area contributed by atoms with Gasteiger partial charge in [-0.15, -0.1) is 0 Å². The molecule has 1 aromatic rings. The summed E-state index contributed by atoms with van der Waals surface area (Å²) in [6.45, 7) is 15.5. The lowest BCUT2D eigenvalue weighted by Gasteiger charge is -2.12. The summed E-state index contributed by atoms with van der Waals surface area (Å²) in [5.74, 6) is 1.07. The smallest absolute Gasteiger partial charge is 0.228 e. The summed E-state index contributed by atoms with van der Waals surface area (Å²) in [5, 5.41) is 3.82. The lowest BCUT2D eigenvalue weighted by atomic mass is 10.2. The third kappa shape index (κ3) is 5.19. The van der Waals surface area contributed by atoms with Crippen LogP contribution in [0.2, 0.25) is 0 Å². The van der Waals surface area contributed by atoms with Crippen LogP contribution < -0.4 is 4.74 Å². The van der Waals surface area contributed by atoms with E-state index in [0.29, 0.717) is 23.9 Å². The standard InChI is InChI=1S/C15H20N2O3/c1-6-18-12(4)17-19-10-13-7-8-15(20-11(2)3)14(9-13)16-5/h7-9,11H,6,10H2,1-4H3/b17-12+. The fourth-order valence-corrected chi connectivity index (χ4v) is 1.53. The van der Waals surface area contributed by atoms with Crippen LogP contribution in [-0.4, -0.2) is 18.6 Å². The van der Waals surface area contributed by atoms with Gasteiger partial charge in [0.05, 0.1) is 19.3 Å². The molecule has 0 atom stereocenters. The van der Waals surface area contributed by atoms with E-state index in [2.05, 4.69) is 10.0 Å². The first-order valence-electron chi connectivity index (χ1n) is 6.53. The Morgan fingerprint density at radius 2 is 2.15 bits per heavy atom.